The number of methoxy groups -OCH3 is 2. The van der Waals surface area contributed by atoms with Crippen LogP contribution in [0, 0.1) is 5.92 Å². The zero-order valence-electron chi connectivity index (χ0n) is 9.52. The van der Waals surface area contributed by atoms with Crippen molar-refractivity contribution in [3.05, 3.63) is 12.7 Å². The minimum Gasteiger partial charge on any atom is -0.469 e. The van der Waals surface area contributed by atoms with Crippen LogP contribution in [0.4, 0.5) is 0 Å². The number of allylic oxidation sites excluding steroid dienone is 1. The van der Waals surface area contributed by atoms with Gasteiger partial charge in [0.15, 0.2) is 0 Å². The smallest absolute Gasteiger partial charge is 0.316 e. The summed E-state index contributed by atoms with van der Waals surface area (Å²) >= 11 is 0. The highest BCUT2D eigenvalue weighted by molar-refractivity contribution is 6.01. The van der Waals surface area contributed by atoms with Crippen LogP contribution in [0.2, 0.25) is 0 Å². The van der Waals surface area contributed by atoms with Crippen molar-refractivity contribution < 1.29 is 23.9 Å². The van der Waals surface area contributed by atoms with Crippen molar-refractivity contribution in [2.24, 2.45) is 5.92 Å². The minimum atomic E-state index is -1.07. The number of carbonyl (C=O) groups excluding carboxylic acids is 3. The van der Waals surface area contributed by atoms with Gasteiger partial charge in [-0.15, -0.1) is 6.58 Å². The van der Waals surface area contributed by atoms with Gasteiger partial charge in [-0.3, -0.25) is 14.4 Å². The minimum absolute atomic E-state index is 0.167. The maximum Gasteiger partial charge on any atom is 0.316 e. The van der Waals surface area contributed by atoms with Gasteiger partial charge in [-0.1, -0.05) is 6.08 Å². The number of ketones is 1. The molecule has 0 saturated heterocycles. The number of hydrogen-bond acceptors (Lipinski definition) is 5. The normalized spacial score (nSPS) is 11.4. The second-order valence-corrected chi connectivity index (χ2v) is 3.15. The summed E-state index contributed by atoms with van der Waals surface area (Å²) in [6.45, 7) is 3.47. The number of hydrogen-bond donors (Lipinski definition) is 0. The van der Waals surface area contributed by atoms with Crippen LogP contribution in [0.5, 0.6) is 0 Å². The first kappa shape index (κ1) is 14.3. The van der Waals surface area contributed by atoms with Crippen LogP contribution >= 0.6 is 0 Å². The quantitative estimate of drug-likeness (QED) is 0.367. The zero-order valence-corrected chi connectivity index (χ0v) is 9.52. The summed E-state index contributed by atoms with van der Waals surface area (Å²) in [5, 5.41) is 0. The third-order valence-corrected chi connectivity index (χ3v) is 2.07. The Balaban J connectivity index is 4.52. The van der Waals surface area contributed by atoms with Crippen LogP contribution in [0.15, 0.2) is 12.7 Å². The molecule has 16 heavy (non-hydrogen) atoms. The molecule has 0 spiro atoms. The molecule has 0 amide bonds. The van der Waals surface area contributed by atoms with E-state index in [-0.39, 0.29) is 18.6 Å². The fourth-order valence-corrected chi connectivity index (χ4v) is 1.14. The molecule has 1 atom stereocenters. The fourth-order valence-electron chi connectivity index (χ4n) is 1.14. The van der Waals surface area contributed by atoms with E-state index in [1.54, 1.807) is 6.08 Å². The third kappa shape index (κ3) is 4.72. The molecule has 0 saturated carbocycles. The lowest BCUT2D eigenvalue weighted by atomic mass is 9.97. The van der Waals surface area contributed by atoms with Gasteiger partial charge in [0.2, 0.25) is 0 Å². The molecular formula is C11H16O5. The molecular weight excluding hydrogens is 212 g/mol. The lowest BCUT2D eigenvalue weighted by molar-refractivity contribution is -0.155. The number of ether oxygens (including phenoxy) is 2. The monoisotopic (exact) mass is 228 g/mol. The summed E-state index contributed by atoms with van der Waals surface area (Å²) in [7, 11) is 2.37. The average molecular weight is 228 g/mol. The summed E-state index contributed by atoms with van der Waals surface area (Å²) in [5.74, 6) is -2.73. The first-order chi connectivity index (χ1) is 7.56. The van der Waals surface area contributed by atoms with Crippen molar-refractivity contribution in [1.29, 1.82) is 0 Å². The molecule has 0 aromatic rings. The predicted octanol–water partition coefficient (Wildman–Crippen LogP) is 0.874. The van der Waals surface area contributed by atoms with Crippen molar-refractivity contribution >= 4 is 17.7 Å². The molecule has 0 aromatic heterocycles. The maximum absolute atomic E-state index is 11.6. The Labute approximate surface area is 94.4 Å². The molecule has 0 N–H and O–H groups in total. The van der Waals surface area contributed by atoms with Gasteiger partial charge in [-0.05, 0) is 6.42 Å². The van der Waals surface area contributed by atoms with E-state index < -0.39 is 17.9 Å². The van der Waals surface area contributed by atoms with Gasteiger partial charge in [0, 0.05) is 6.42 Å². The maximum atomic E-state index is 11.6. The molecule has 0 radical (unpaired) electrons. The highest BCUT2D eigenvalue weighted by Gasteiger charge is 2.29. The van der Waals surface area contributed by atoms with E-state index in [4.69, 9.17) is 0 Å². The molecule has 0 aliphatic carbocycles. The van der Waals surface area contributed by atoms with E-state index in [0.717, 1.165) is 0 Å². The Morgan fingerprint density at radius 2 is 1.88 bits per heavy atom. The largest absolute Gasteiger partial charge is 0.469 e. The molecule has 0 aliphatic rings. The third-order valence-electron chi connectivity index (χ3n) is 2.07. The van der Waals surface area contributed by atoms with Gasteiger partial charge in [-0.2, -0.15) is 0 Å². The van der Waals surface area contributed by atoms with Crippen molar-refractivity contribution in [1.82, 2.24) is 0 Å². The van der Waals surface area contributed by atoms with E-state index in [2.05, 4.69) is 16.1 Å². The molecule has 0 aromatic carbocycles. The standard InChI is InChI=1S/C11H16O5/c1-4-5-6-9(12)8(11(14)16-3)7-10(13)15-2/h4,8H,1,5-7H2,2-3H3. The summed E-state index contributed by atoms with van der Waals surface area (Å²) in [5.41, 5.74) is 0. The van der Waals surface area contributed by atoms with Gasteiger partial charge in [0.05, 0.1) is 20.6 Å². The number of carbonyl (C=O) groups is 3. The van der Waals surface area contributed by atoms with E-state index in [1.807, 2.05) is 0 Å². The highest BCUT2D eigenvalue weighted by atomic mass is 16.5. The van der Waals surface area contributed by atoms with Crippen LogP contribution in [-0.2, 0) is 23.9 Å². The lowest BCUT2D eigenvalue weighted by Gasteiger charge is -2.11. The molecule has 0 fully saturated rings. The van der Waals surface area contributed by atoms with E-state index in [1.165, 1.54) is 14.2 Å². The van der Waals surface area contributed by atoms with Crippen molar-refractivity contribution in [2.45, 2.75) is 19.3 Å². The van der Waals surface area contributed by atoms with Crippen molar-refractivity contribution in [3.63, 3.8) is 0 Å². The first-order valence-electron chi connectivity index (χ1n) is 4.85. The molecule has 0 heterocycles. The van der Waals surface area contributed by atoms with Crippen LogP contribution in [-0.4, -0.2) is 31.9 Å². The van der Waals surface area contributed by atoms with E-state index in [9.17, 15) is 14.4 Å². The molecule has 0 aliphatic heterocycles. The molecule has 5 nitrogen and oxygen atoms in total. The van der Waals surface area contributed by atoms with Gasteiger partial charge < -0.3 is 9.47 Å². The van der Waals surface area contributed by atoms with E-state index in [0.29, 0.717) is 6.42 Å². The fraction of sp³-hybridized carbons (Fsp3) is 0.545. The Bertz CT molecular complexity index is 282. The van der Waals surface area contributed by atoms with Crippen LogP contribution in [0.25, 0.3) is 0 Å². The summed E-state index contributed by atoms with van der Waals surface area (Å²) < 4.78 is 8.88. The summed E-state index contributed by atoms with van der Waals surface area (Å²) in [4.78, 5) is 33.9. The average Bonchev–Trinajstić information content (AvgIpc) is 2.31. The topological polar surface area (TPSA) is 69.7 Å². The van der Waals surface area contributed by atoms with Crippen LogP contribution in [0.3, 0.4) is 0 Å². The van der Waals surface area contributed by atoms with Crippen molar-refractivity contribution in [3.8, 4) is 0 Å². The number of esters is 2. The summed E-state index contributed by atoms with van der Waals surface area (Å²) in [6.07, 6.45) is 1.93. The Morgan fingerprint density at radius 3 is 2.31 bits per heavy atom. The van der Waals surface area contributed by atoms with Crippen molar-refractivity contribution in [2.75, 3.05) is 14.2 Å². The zero-order chi connectivity index (χ0) is 12.6. The van der Waals surface area contributed by atoms with Crippen LogP contribution in [0.1, 0.15) is 19.3 Å². The van der Waals surface area contributed by atoms with Gasteiger partial charge >= 0.3 is 11.9 Å². The molecule has 1 unspecified atom stereocenters. The summed E-state index contributed by atoms with van der Waals surface area (Å²) in [6, 6.07) is 0. The number of rotatable bonds is 7. The molecule has 90 valence electrons. The SMILES string of the molecule is C=CCCC(=O)C(CC(=O)OC)C(=O)OC. The van der Waals surface area contributed by atoms with Gasteiger partial charge in [-0.25, -0.2) is 0 Å². The van der Waals surface area contributed by atoms with Gasteiger partial charge in [0.1, 0.15) is 11.7 Å². The highest BCUT2D eigenvalue weighted by Crippen LogP contribution is 2.12. The van der Waals surface area contributed by atoms with Gasteiger partial charge in [0.25, 0.3) is 0 Å². The Morgan fingerprint density at radius 1 is 1.25 bits per heavy atom. The number of Topliss-reactive ketones (excluding diaryl/α,β-unsaturated/α-hetero) is 1. The second kappa shape index (κ2) is 7.62. The van der Waals surface area contributed by atoms with E-state index >= 15 is 0 Å². The van der Waals surface area contributed by atoms with Crippen LogP contribution < -0.4 is 0 Å². The lowest BCUT2D eigenvalue weighted by Crippen LogP contribution is -2.28. The Kier molecular flexibility index (Phi) is 6.83. The molecule has 0 rings (SSSR count). The first-order valence-corrected chi connectivity index (χ1v) is 4.85. The Hall–Kier alpha value is -1.65. The predicted molar refractivity (Wildman–Crippen MR) is 56.6 cm³/mol. The molecule has 5 heteroatoms. The second-order valence-electron chi connectivity index (χ2n) is 3.15. The molecule has 0 bridgehead atoms.